The maximum atomic E-state index is 12.6. The second-order valence-corrected chi connectivity index (χ2v) is 7.52. The zero-order chi connectivity index (χ0) is 22.0. The van der Waals surface area contributed by atoms with Gasteiger partial charge >= 0.3 is 0 Å². The first kappa shape index (κ1) is 24.7. The Hall–Kier alpha value is -2.29. The molecule has 0 bridgehead atoms. The molecule has 0 aromatic heterocycles. The van der Waals surface area contributed by atoms with Crippen LogP contribution >= 0.6 is 0 Å². The number of rotatable bonds is 12. The topological polar surface area (TPSA) is 134 Å². The minimum absolute atomic E-state index is 0.109. The van der Waals surface area contributed by atoms with Crippen LogP contribution in [0, 0.1) is 5.92 Å². The summed E-state index contributed by atoms with van der Waals surface area (Å²) in [6.07, 6.45) is -0.610. The summed E-state index contributed by atoms with van der Waals surface area (Å²) in [5.74, 6) is -1.38. The standard InChI is InChI=1S/C21H34N4O4/c1-13(2)20(28)17(12-23-4)24-21(29)19(14(3)26)25-18(27)11-10-16(22)15-8-6-5-7-9-15/h5-9,13-14,16-17,19,23,26H,10-12,22H2,1-4H3,(H,24,29)(H,25,27)/t14?,16?,17-,19-/m0/s1. The van der Waals surface area contributed by atoms with Crippen molar-refractivity contribution in [3.05, 3.63) is 35.9 Å². The number of nitrogens with two attached hydrogens (primary N) is 1. The summed E-state index contributed by atoms with van der Waals surface area (Å²) in [4.78, 5) is 37.2. The highest BCUT2D eigenvalue weighted by atomic mass is 16.3. The number of likely N-dealkylation sites (N-methyl/N-ethyl adjacent to an activating group) is 1. The van der Waals surface area contributed by atoms with Gasteiger partial charge in [0.25, 0.3) is 0 Å². The molecule has 0 heterocycles. The Morgan fingerprint density at radius 3 is 2.21 bits per heavy atom. The predicted molar refractivity (Wildman–Crippen MR) is 112 cm³/mol. The van der Waals surface area contributed by atoms with Gasteiger partial charge in [-0.25, -0.2) is 0 Å². The van der Waals surface area contributed by atoms with Crippen molar-refractivity contribution >= 4 is 17.6 Å². The Morgan fingerprint density at radius 2 is 1.69 bits per heavy atom. The van der Waals surface area contributed by atoms with E-state index in [4.69, 9.17) is 5.73 Å². The summed E-state index contributed by atoms with van der Waals surface area (Å²) in [6.45, 7) is 5.18. The van der Waals surface area contributed by atoms with E-state index >= 15 is 0 Å². The lowest BCUT2D eigenvalue weighted by Gasteiger charge is -2.25. The quantitative estimate of drug-likeness (QED) is 0.338. The van der Waals surface area contributed by atoms with Gasteiger partial charge in [0.15, 0.2) is 5.78 Å². The molecule has 0 saturated heterocycles. The summed E-state index contributed by atoms with van der Waals surface area (Å²) >= 11 is 0. The Bertz CT molecular complexity index is 664. The minimum atomic E-state index is -1.16. The van der Waals surface area contributed by atoms with Crippen molar-refractivity contribution in [2.24, 2.45) is 11.7 Å². The number of hydrogen-bond acceptors (Lipinski definition) is 6. The second kappa shape index (κ2) is 12.3. The van der Waals surface area contributed by atoms with Gasteiger partial charge in [0.1, 0.15) is 12.1 Å². The summed E-state index contributed by atoms with van der Waals surface area (Å²) < 4.78 is 0. The number of hydrogen-bond donors (Lipinski definition) is 5. The van der Waals surface area contributed by atoms with Crippen LogP contribution in [-0.2, 0) is 14.4 Å². The van der Waals surface area contributed by atoms with Crippen LogP contribution in [0.4, 0.5) is 0 Å². The highest BCUT2D eigenvalue weighted by Crippen LogP contribution is 2.15. The smallest absolute Gasteiger partial charge is 0.245 e. The summed E-state index contributed by atoms with van der Waals surface area (Å²) in [6, 6.07) is 7.23. The van der Waals surface area contributed by atoms with Crippen molar-refractivity contribution in [1.82, 2.24) is 16.0 Å². The zero-order valence-electron chi connectivity index (χ0n) is 17.6. The predicted octanol–water partition coefficient (Wildman–Crippen LogP) is 0.262. The second-order valence-electron chi connectivity index (χ2n) is 7.52. The number of carbonyl (C=O) groups is 3. The Morgan fingerprint density at radius 1 is 1.07 bits per heavy atom. The van der Waals surface area contributed by atoms with E-state index in [-0.39, 0.29) is 30.7 Å². The highest BCUT2D eigenvalue weighted by molar-refractivity contribution is 5.93. The molecule has 29 heavy (non-hydrogen) atoms. The lowest BCUT2D eigenvalue weighted by Crippen LogP contribution is -2.57. The summed E-state index contributed by atoms with van der Waals surface area (Å²) in [7, 11) is 1.68. The van der Waals surface area contributed by atoms with Crippen LogP contribution in [0.5, 0.6) is 0 Å². The molecule has 1 rings (SSSR count). The minimum Gasteiger partial charge on any atom is -0.391 e. The number of benzene rings is 1. The maximum Gasteiger partial charge on any atom is 0.245 e. The van der Waals surface area contributed by atoms with Crippen molar-refractivity contribution in [2.45, 2.75) is 57.8 Å². The molecule has 4 atom stereocenters. The molecule has 1 aromatic carbocycles. The molecule has 8 heteroatoms. The van der Waals surface area contributed by atoms with Crippen LogP contribution < -0.4 is 21.7 Å². The average Bonchev–Trinajstić information content (AvgIpc) is 2.69. The maximum absolute atomic E-state index is 12.6. The first-order valence-corrected chi connectivity index (χ1v) is 9.94. The number of amides is 2. The molecule has 0 aliphatic rings. The van der Waals surface area contributed by atoms with Gasteiger partial charge in [-0.1, -0.05) is 44.2 Å². The van der Waals surface area contributed by atoms with Gasteiger partial charge in [-0.3, -0.25) is 14.4 Å². The van der Waals surface area contributed by atoms with E-state index in [1.54, 1.807) is 20.9 Å². The molecular formula is C21H34N4O4. The molecule has 0 saturated carbocycles. The van der Waals surface area contributed by atoms with Crippen molar-refractivity contribution in [2.75, 3.05) is 13.6 Å². The fourth-order valence-electron chi connectivity index (χ4n) is 2.90. The van der Waals surface area contributed by atoms with E-state index in [1.807, 2.05) is 30.3 Å². The third-order valence-electron chi connectivity index (χ3n) is 4.63. The molecule has 0 aliphatic heterocycles. The fourth-order valence-corrected chi connectivity index (χ4v) is 2.90. The highest BCUT2D eigenvalue weighted by Gasteiger charge is 2.30. The molecule has 6 N–H and O–H groups in total. The molecule has 162 valence electrons. The van der Waals surface area contributed by atoms with Crippen LogP contribution in [0.15, 0.2) is 30.3 Å². The summed E-state index contributed by atoms with van der Waals surface area (Å²) in [5, 5.41) is 18.0. The third-order valence-corrected chi connectivity index (χ3v) is 4.63. The molecule has 0 fully saturated rings. The largest absolute Gasteiger partial charge is 0.391 e. The Labute approximate surface area is 172 Å². The Balaban J connectivity index is 2.67. The van der Waals surface area contributed by atoms with Crippen molar-refractivity contribution < 1.29 is 19.5 Å². The number of carbonyl (C=O) groups excluding carboxylic acids is 3. The molecule has 8 nitrogen and oxygen atoms in total. The van der Waals surface area contributed by atoms with E-state index in [2.05, 4.69) is 16.0 Å². The van der Waals surface area contributed by atoms with Crippen molar-refractivity contribution in [3.8, 4) is 0 Å². The fraction of sp³-hybridized carbons (Fsp3) is 0.571. The van der Waals surface area contributed by atoms with E-state index in [0.29, 0.717) is 6.42 Å². The molecular weight excluding hydrogens is 372 g/mol. The normalized spacial score (nSPS) is 15.3. The number of ketones is 1. The number of nitrogens with one attached hydrogen (secondary N) is 3. The SMILES string of the molecule is CNC[C@H](NC(=O)[C@@H](NC(=O)CCC(N)c1ccccc1)C(C)O)C(=O)C(C)C. The van der Waals surface area contributed by atoms with Crippen molar-refractivity contribution in [3.63, 3.8) is 0 Å². The first-order valence-electron chi connectivity index (χ1n) is 9.94. The van der Waals surface area contributed by atoms with Gasteiger partial charge in [-0.15, -0.1) is 0 Å². The van der Waals surface area contributed by atoms with Gasteiger partial charge in [0.05, 0.1) is 6.10 Å². The van der Waals surface area contributed by atoms with E-state index in [1.165, 1.54) is 6.92 Å². The molecule has 2 unspecified atom stereocenters. The van der Waals surface area contributed by atoms with Crippen LogP contribution in [0.25, 0.3) is 0 Å². The lowest BCUT2D eigenvalue weighted by atomic mass is 10.0. The van der Waals surface area contributed by atoms with Crippen LogP contribution in [-0.4, -0.2) is 54.5 Å². The monoisotopic (exact) mass is 406 g/mol. The van der Waals surface area contributed by atoms with Gasteiger partial charge in [-0.2, -0.15) is 0 Å². The molecule has 0 spiro atoms. The van der Waals surface area contributed by atoms with Gasteiger partial charge in [0.2, 0.25) is 11.8 Å². The lowest BCUT2D eigenvalue weighted by molar-refractivity contribution is -0.134. The number of aliphatic hydroxyl groups is 1. The molecule has 0 aliphatic carbocycles. The third kappa shape index (κ3) is 8.31. The average molecular weight is 407 g/mol. The van der Waals surface area contributed by atoms with Crippen LogP contribution in [0.1, 0.15) is 45.2 Å². The molecule has 0 radical (unpaired) electrons. The van der Waals surface area contributed by atoms with Gasteiger partial charge in [-0.05, 0) is 26.0 Å². The number of Topliss-reactive ketones (excluding diaryl/α,β-unsaturated/α-hetero) is 1. The molecule has 2 amide bonds. The van der Waals surface area contributed by atoms with Crippen LogP contribution in [0.2, 0.25) is 0 Å². The van der Waals surface area contributed by atoms with Crippen LogP contribution in [0.3, 0.4) is 0 Å². The Kier molecular flexibility index (Phi) is 10.5. The van der Waals surface area contributed by atoms with E-state index < -0.39 is 30.0 Å². The van der Waals surface area contributed by atoms with E-state index in [0.717, 1.165) is 5.56 Å². The van der Waals surface area contributed by atoms with Gasteiger partial charge < -0.3 is 26.8 Å². The number of aliphatic hydroxyl groups excluding tert-OH is 1. The van der Waals surface area contributed by atoms with E-state index in [9.17, 15) is 19.5 Å². The summed E-state index contributed by atoms with van der Waals surface area (Å²) in [5.41, 5.74) is 7.02. The first-order chi connectivity index (χ1) is 13.7. The zero-order valence-corrected chi connectivity index (χ0v) is 17.6. The van der Waals surface area contributed by atoms with Gasteiger partial charge in [0, 0.05) is 24.9 Å². The van der Waals surface area contributed by atoms with Crippen molar-refractivity contribution in [1.29, 1.82) is 0 Å². The molecule has 1 aromatic rings.